The van der Waals surface area contributed by atoms with Crippen LogP contribution < -0.4 is 5.32 Å². The third kappa shape index (κ3) is 4.31. The summed E-state index contributed by atoms with van der Waals surface area (Å²) in [7, 11) is 0. The highest BCUT2D eigenvalue weighted by Gasteiger charge is 2.17. The molecule has 1 aliphatic carbocycles. The van der Waals surface area contributed by atoms with Crippen molar-refractivity contribution in [2.75, 3.05) is 6.54 Å². The molecule has 1 aromatic rings. The summed E-state index contributed by atoms with van der Waals surface area (Å²) < 4.78 is 0. The van der Waals surface area contributed by atoms with Gasteiger partial charge in [0, 0.05) is 6.54 Å². The van der Waals surface area contributed by atoms with E-state index in [2.05, 4.69) is 17.4 Å². The van der Waals surface area contributed by atoms with E-state index in [1.54, 1.807) is 0 Å². The molecule has 1 aromatic carbocycles. The molecule has 0 bridgehead atoms. The number of fused-ring (bicyclic) bond motifs is 1. The SMILES string of the molecule is CCCC(CNC(=O)Cc1ccc2c(c1)CCC2)C(=O)O. The summed E-state index contributed by atoms with van der Waals surface area (Å²) >= 11 is 0. The number of carbonyl (C=O) groups excluding carboxylic acids is 1. The van der Waals surface area contributed by atoms with Crippen molar-refractivity contribution in [2.45, 2.75) is 45.4 Å². The van der Waals surface area contributed by atoms with Crippen molar-refractivity contribution in [3.63, 3.8) is 0 Å². The van der Waals surface area contributed by atoms with E-state index in [4.69, 9.17) is 5.11 Å². The van der Waals surface area contributed by atoms with Gasteiger partial charge in [-0.25, -0.2) is 0 Å². The Morgan fingerprint density at radius 3 is 2.76 bits per heavy atom. The maximum absolute atomic E-state index is 11.9. The Labute approximate surface area is 125 Å². The number of carbonyl (C=O) groups is 2. The first-order valence-corrected chi connectivity index (χ1v) is 7.70. The Morgan fingerprint density at radius 2 is 2.05 bits per heavy atom. The standard InChI is InChI=1S/C17H23NO3/c1-2-4-15(17(20)21)11-18-16(19)10-12-7-8-13-5-3-6-14(13)9-12/h7-9,15H,2-6,10-11H2,1H3,(H,18,19)(H,20,21). The van der Waals surface area contributed by atoms with Gasteiger partial charge in [0.2, 0.25) is 5.91 Å². The summed E-state index contributed by atoms with van der Waals surface area (Å²) in [6, 6.07) is 6.23. The van der Waals surface area contributed by atoms with Crippen LogP contribution in [-0.4, -0.2) is 23.5 Å². The molecule has 4 heteroatoms. The van der Waals surface area contributed by atoms with E-state index in [1.807, 2.05) is 13.0 Å². The molecule has 21 heavy (non-hydrogen) atoms. The van der Waals surface area contributed by atoms with Gasteiger partial charge in [0.25, 0.3) is 0 Å². The molecule has 0 heterocycles. The van der Waals surface area contributed by atoms with Crippen LogP contribution in [0.3, 0.4) is 0 Å². The van der Waals surface area contributed by atoms with Crippen LogP contribution in [0.1, 0.15) is 42.9 Å². The predicted octanol–water partition coefficient (Wildman–Crippen LogP) is 2.33. The Bertz CT molecular complexity index is 525. The number of benzene rings is 1. The van der Waals surface area contributed by atoms with Gasteiger partial charge in [-0.2, -0.15) is 0 Å². The van der Waals surface area contributed by atoms with Gasteiger partial charge in [-0.1, -0.05) is 31.5 Å². The van der Waals surface area contributed by atoms with Gasteiger partial charge in [-0.3, -0.25) is 9.59 Å². The first-order chi connectivity index (χ1) is 10.1. The van der Waals surface area contributed by atoms with Crippen molar-refractivity contribution < 1.29 is 14.7 Å². The van der Waals surface area contributed by atoms with E-state index in [-0.39, 0.29) is 12.5 Å². The highest BCUT2D eigenvalue weighted by Crippen LogP contribution is 2.22. The lowest BCUT2D eigenvalue weighted by molar-refractivity contribution is -0.141. The van der Waals surface area contributed by atoms with Crippen LogP contribution in [0.4, 0.5) is 0 Å². The minimum Gasteiger partial charge on any atom is -0.481 e. The number of aryl methyl sites for hydroxylation is 2. The van der Waals surface area contributed by atoms with Gasteiger partial charge in [0.1, 0.15) is 0 Å². The smallest absolute Gasteiger partial charge is 0.308 e. The van der Waals surface area contributed by atoms with Crippen LogP contribution in [-0.2, 0) is 28.9 Å². The third-order valence-electron chi connectivity index (χ3n) is 4.06. The molecule has 0 aromatic heterocycles. The highest BCUT2D eigenvalue weighted by atomic mass is 16.4. The summed E-state index contributed by atoms with van der Waals surface area (Å²) in [6.07, 6.45) is 5.15. The molecule has 1 atom stereocenters. The Morgan fingerprint density at radius 1 is 1.29 bits per heavy atom. The molecule has 0 saturated carbocycles. The maximum Gasteiger partial charge on any atom is 0.308 e. The van der Waals surface area contributed by atoms with E-state index >= 15 is 0 Å². The van der Waals surface area contributed by atoms with Crippen LogP contribution in [0.15, 0.2) is 18.2 Å². The van der Waals surface area contributed by atoms with E-state index in [1.165, 1.54) is 17.5 Å². The van der Waals surface area contributed by atoms with E-state index in [0.29, 0.717) is 12.8 Å². The zero-order chi connectivity index (χ0) is 15.2. The molecule has 4 nitrogen and oxygen atoms in total. The van der Waals surface area contributed by atoms with Crippen molar-refractivity contribution in [3.8, 4) is 0 Å². The predicted molar refractivity (Wildman–Crippen MR) is 81.2 cm³/mol. The van der Waals surface area contributed by atoms with Crippen LogP contribution in [0.2, 0.25) is 0 Å². The van der Waals surface area contributed by atoms with Gasteiger partial charge in [-0.05, 0) is 42.4 Å². The Balaban J connectivity index is 1.85. The average molecular weight is 289 g/mol. The molecule has 0 radical (unpaired) electrons. The number of hydrogen-bond donors (Lipinski definition) is 2. The summed E-state index contributed by atoms with van der Waals surface area (Å²) in [5.74, 6) is -1.43. The lowest BCUT2D eigenvalue weighted by Crippen LogP contribution is -2.33. The van der Waals surface area contributed by atoms with Crippen molar-refractivity contribution in [3.05, 3.63) is 34.9 Å². The van der Waals surface area contributed by atoms with Crippen LogP contribution in [0.25, 0.3) is 0 Å². The first kappa shape index (κ1) is 15.5. The Kier molecular flexibility index (Phi) is 5.37. The minimum atomic E-state index is -0.838. The average Bonchev–Trinajstić information content (AvgIpc) is 2.90. The highest BCUT2D eigenvalue weighted by molar-refractivity contribution is 5.79. The van der Waals surface area contributed by atoms with Gasteiger partial charge in [-0.15, -0.1) is 0 Å². The second kappa shape index (κ2) is 7.25. The summed E-state index contributed by atoms with van der Waals surface area (Å²) in [4.78, 5) is 23.0. The molecule has 0 aliphatic heterocycles. The van der Waals surface area contributed by atoms with Crippen molar-refractivity contribution in [2.24, 2.45) is 5.92 Å². The minimum absolute atomic E-state index is 0.102. The fourth-order valence-corrected chi connectivity index (χ4v) is 2.88. The number of aliphatic carboxylic acids is 1. The number of carboxylic acid groups (broad SMARTS) is 1. The largest absolute Gasteiger partial charge is 0.481 e. The second-order valence-electron chi connectivity index (χ2n) is 5.76. The van der Waals surface area contributed by atoms with Gasteiger partial charge in [0.05, 0.1) is 12.3 Å². The summed E-state index contributed by atoms with van der Waals surface area (Å²) in [5.41, 5.74) is 3.76. The molecule has 2 rings (SSSR count). The van der Waals surface area contributed by atoms with Gasteiger partial charge < -0.3 is 10.4 Å². The number of hydrogen-bond acceptors (Lipinski definition) is 2. The first-order valence-electron chi connectivity index (χ1n) is 7.70. The number of nitrogens with one attached hydrogen (secondary N) is 1. The van der Waals surface area contributed by atoms with Gasteiger partial charge >= 0.3 is 5.97 Å². The summed E-state index contributed by atoms with van der Waals surface area (Å²) in [6.45, 7) is 2.16. The molecule has 0 spiro atoms. The molecule has 0 saturated heterocycles. The van der Waals surface area contributed by atoms with Crippen LogP contribution >= 0.6 is 0 Å². The van der Waals surface area contributed by atoms with Crippen LogP contribution in [0, 0.1) is 5.92 Å². The molecule has 1 aliphatic rings. The van der Waals surface area contributed by atoms with Crippen molar-refractivity contribution in [1.29, 1.82) is 0 Å². The number of amides is 1. The number of carboxylic acids is 1. The second-order valence-corrected chi connectivity index (χ2v) is 5.76. The molecular weight excluding hydrogens is 266 g/mol. The molecule has 2 N–H and O–H groups in total. The van der Waals surface area contributed by atoms with Crippen molar-refractivity contribution >= 4 is 11.9 Å². The molecular formula is C17H23NO3. The third-order valence-corrected chi connectivity index (χ3v) is 4.06. The Hall–Kier alpha value is -1.84. The van der Waals surface area contributed by atoms with E-state index < -0.39 is 11.9 Å². The number of rotatable bonds is 7. The topological polar surface area (TPSA) is 66.4 Å². The lowest BCUT2D eigenvalue weighted by Gasteiger charge is -2.12. The van der Waals surface area contributed by atoms with E-state index in [9.17, 15) is 9.59 Å². The van der Waals surface area contributed by atoms with E-state index in [0.717, 1.165) is 24.8 Å². The zero-order valence-electron chi connectivity index (χ0n) is 12.5. The quantitative estimate of drug-likeness (QED) is 0.809. The van der Waals surface area contributed by atoms with Crippen LogP contribution in [0.5, 0.6) is 0 Å². The normalized spacial score (nSPS) is 14.5. The molecule has 114 valence electrons. The fourth-order valence-electron chi connectivity index (χ4n) is 2.88. The zero-order valence-corrected chi connectivity index (χ0v) is 12.5. The maximum atomic E-state index is 11.9. The fraction of sp³-hybridized carbons (Fsp3) is 0.529. The van der Waals surface area contributed by atoms with Crippen molar-refractivity contribution in [1.82, 2.24) is 5.32 Å². The lowest BCUT2D eigenvalue weighted by atomic mass is 10.0. The monoisotopic (exact) mass is 289 g/mol. The molecule has 1 amide bonds. The van der Waals surface area contributed by atoms with Gasteiger partial charge in [0.15, 0.2) is 0 Å². The summed E-state index contributed by atoms with van der Waals surface area (Å²) in [5, 5.41) is 11.8. The molecule has 0 fully saturated rings. The molecule has 1 unspecified atom stereocenters.